The number of nitrogens with zero attached hydrogens (tertiary/aromatic N) is 1. The van der Waals surface area contributed by atoms with Gasteiger partial charge in [0.25, 0.3) is 0 Å². The van der Waals surface area contributed by atoms with Crippen molar-refractivity contribution < 1.29 is 0 Å². The summed E-state index contributed by atoms with van der Waals surface area (Å²) in [5.74, 6) is 0.700. The van der Waals surface area contributed by atoms with Crippen molar-refractivity contribution in [3.8, 4) is 11.3 Å². The molecule has 0 atom stereocenters. The van der Waals surface area contributed by atoms with Gasteiger partial charge in [-0.15, -0.1) is 11.3 Å². The minimum Gasteiger partial charge on any atom is -0.399 e. The molecule has 2 N–H and O–H groups in total. The lowest BCUT2D eigenvalue weighted by Gasteiger charge is -2.18. The highest BCUT2D eigenvalue weighted by molar-refractivity contribution is 7.10. The fourth-order valence-electron chi connectivity index (χ4n) is 2.61. The van der Waals surface area contributed by atoms with Gasteiger partial charge in [-0.05, 0) is 25.0 Å². The number of rotatable bonds is 2. The molecule has 0 bridgehead atoms. The summed E-state index contributed by atoms with van der Waals surface area (Å²) >= 11 is 1.81. The maximum absolute atomic E-state index is 5.71. The molecule has 0 saturated heterocycles. The summed E-state index contributed by atoms with van der Waals surface area (Å²) in [4.78, 5) is 4.81. The zero-order valence-corrected chi connectivity index (χ0v) is 11.2. The molecule has 3 rings (SSSR count). The van der Waals surface area contributed by atoms with Crippen LogP contribution in [0.5, 0.6) is 0 Å². The Labute approximate surface area is 112 Å². The SMILES string of the molecule is Nc1ccc(-c2csc(C3CCCCC3)n2)cc1. The number of thiazole rings is 1. The molecule has 1 aromatic heterocycles. The van der Waals surface area contributed by atoms with E-state index in [1.165, 1.54) is 42.7 Å². The molecule has 1 saturated carbocycles. The third-order valence-electron chi connectivity index (χ3n) is 3.68. The quantitative estimate of drug-likeness (QED) is 0.809. The van der Waals surface area contributed by atoms with Crippen LogP contribution in [-0.2, 0) is 0 Å². The molecular formula is C15H18N2S. The van der Waals surface area contributed by atoms with Crippen molar-refractivity contribution in [3.05, 3.63) is 34.7 Å². The van der Waals surface area contributed by atoms with Crippen molar-refractivity contribution in [2.24, 2.45) is 0 Å². The van der Waals surface area contributed by atoms with Gasteiger partial charge in [-0.3, -0.25) is 0 Å². The third-order valence-corrected chi connectivity index (χ3v) is 4.69. The maximum Gasteiger partial charge on any atom is 0.0963 e. The zero-order valence-electron chi connectivity index (χ0n) is 10.4. The Morgan fingerprint density at radius 1 is 1.06 bits per heavy atom. The molecule has 0 unspecified atom stereocenters. The lowest BCUT2D eigenvalue weighted by atomic mass is 9.90. The number of benzene rings is 1. The second-order valence-electron chi connectivity index (χ2n) is 5.03. The molecular weight excluding hydrogens is 240 g/mol. The van der Waals surface area contributed by atoms with Crippen LogP contribution in [0.25, 0.3) is 11.3 Å². The van der Waals surface area contributed by atoms with Crippen LogP contribution in [0.3, 0.4) is 0 Å². The summed E-state index contributed by atoms with van der Waals surface area (Å²) < 4.78 is 0. The van der Waals surface area contributed by atoms with Gasteiger partial charge in [-0.2, -0.15) is 0 Å². The van der Waals surface area contributed by atoms with Crippen LogP contribution in [0.2, 0.25) is 0 Å². The summed E-state index contributed by atoms with van der Waals surface area (Å²) in [6.07, 6.45) is 6.75. The van der Waals surface area contributed by atoms with E-state index in [9.17, 15) is 0 Å². The van der Waals surface area contributed by atoms with E-state index < -0.39 is 0 Å². The smallest absolute Gasteiger partial charge is 0.0963 e. The molecule has 0 radical (unpaired) electrons. The molecule has 1 aliphatic carbocycles. The molecule has 18 heavy (non-hydrogen) atoms. The molecule has 1 aromatic carbocycles. The number of hydrogen-bond acceptors (Lipinski definition) is 3. The number of anilines is 1. The average Bonchev–Trinajstić information content (AvgIpc) is 2.90. The van der Waals surface area contributed by atoms with Crippen LogP contribution in [0.1, 0.15) is 43.0 Å². The number of aromatic nitrogens is 1. The van der Waals surface area contributed by atoms with Crippen LogP contribution >= 0.6 is 11.3 Å². The van der Waals surface area contributed by atoms with Crippen LogP contribution in [-0.4, -0.2) is 4.98 Å². The van der Waals surface area contributed by atoms with Crippen LogP contribution in [0.4, 0.5) is 5.69 Å². The van der Waals surface area contributed by atoms with Crippen LogP contribution in [0, 0.1) is 0 Å². The summed E-state index contributed by atoms with van der Waals surface area (Å²) in [6, 6.07) is 7.98. The highest BCUT2D eigenvalue weighted by atomic mass is 32.1. The van der Waals surface area contributed by atoms with Gasteiger partial charge < -0.3 is 5.73 Å². The van der Waals surface area contributed by atoms with E-state index in [0.29, 0.717) is 5.92 Å². The summed E-state index contributed by atoms with van der Waals surface area (Å²) in [7, 11) is 0. The lowest BCUT2D eigenvalue weighted by Crippen LogP contribution is -2.03. The van der Waals surface area contributed by atoms with Crippen molar-refractivity contribution in [2.45, 2.75) is 38.0 Å². The number of nitrogens with two attached hydrogens (primary N) is 1. The molecule has 1 heterocycles. The monoisotopic (exact) mass is 258 g/mol. The minimum atomic E-state index is 0.700. The van der Waals surface area contributed by atoms with Crippen molar-refractivity contribution in [3.63, 3.8) is 0 Å². The summed E-state index contributed by atoms with van der Waals surface area (Å²) in [5, 5.41) is 3.50. The van der Waals surface area contributed by atoms with E-state index in [4.69, 9.17) is 10.7 Å². The minimum absolute atomic E-state index is 0.700. The van der Waals surface area contributed by atoms with Crippen LogP contribution in [0.15, 0.2) is 29.6 Å². The highest BCUT2D eigenvalue weighted by Crippen LogP contribution is 2.35. The molecule has 1 fully saturated rings. The highest BCUT2D eigenvalue weighted by Gasteiger charge is 2.18. The van der Waals surface area contributed by atoms with E-state index >= 15 is 0 Å². The fraction of sp³-hybridized carbons (Fsp3) is 0.400. The molecule has 2 nitrogen and oxygen atoms in total. The molecule has 3 heteroatoms. The second-order valence-corrected chi connectivity index (χ2v) is 5.92. The Balaban J connectivity index is 1.82. The molecule has 0 aliphatic heterocycles. The Morgan fingerprint density at radius 2 is 1.78 bits per heavy atom. The average molecular weight is 258 g/mol. The van der Waals surface area contributed by atoms with E-state index in [2.05, 4.69) is 17.5 Å². The number of hydrogen-bond donors (Lipinski definition) is 1. The molecule has 94 valence electrons. The fourth-order valence-corrected chi connectivity index (χ4v) is 3.61. The largest absolute Gasteiger partial charge is 0.399 e. The van der Waals surface area contributed by atoms with E-state index in [-0.39, 0.29) is 0 Å². The standard InChI is InChI=1S/C15H18N2S/c16-13-8-6-11(7-9-13)14-10-18-15(17-14)12-4-2-1-3-5-12/h6-10,12H,1-5,16H2. The first-order valence-corrected chi connectivity index (χ1v) is 7.52. The van der Waals surface area contributed by atoms with Crippen molar-refractivity contribution >= 4 is 17.0 Å². The Hall–Kier alpha value is -1.35. The van der Waals surface area contributed by atoms with Gasteiger partial charge in [-0.1, -0.05) is 31.4 Å². The Kier molecular flexibility index (Phi) is 3.33. The van der Waals surface area contributed by atoms with Gasteiger partial charge in [-0.25, -0.2) is 4.98 Å². The lowest BCUT2D eigenvalue weighted by molar-refractivity contribution is 0.442. The van der Waals surface area contributed by atoms with Crippen molar-refractivity contribution in [2.75, 3.05) is 5.73 Å². The maximum atomic E-state index is 5.71. The zero-order chi connectivity index (χ0) is 12.4. The second kappa shape index (κ2) is 5.11. The van der Waals surface area contributed by atoms with Gasteiger partial charge in [0.1, 0.15) is 0 Å². The Bertz CT molecular complexity index is 510. The predicted molar refractivity (Wildman–Crippen MR) is 77.8 cm³/mol. The summed E-state index contributed by atoms with van der Waals surface area (Å²) in [5.41, 5.74) is 8.78. The third kappa shape index (κ3) is 2.41. The van der Waals surface area contributed by atoms with E-state index in [1.807, 2.05) is 23.5 Å². The first-order valence-electron chi connectivity index (χ1n) is 6.64. The topological polar surface area (TPSA) is 38.9 Å². The molecule has 0 amide bonds. The van der Waals surface area contributed by atoms with Gasteiger partial charge >= 0.3 is 0 Å². The van der Waals surface area contributed by atoms with Gasteiger partial charge in [0.2, 0.25) is 0 Å². The van der Waals surface area contributed by atoms with Crippen molar-refractivity contribution in [1.29, 1.82) is 0 Å². The number of nitrogen functional groups attached to an aromatic ring is 1. The van der Waals surface area contributed by atoms with Crippen LogP contribution < -0.4 is 5.73 Å². The first-order chi connectivity index (χ1) is 8.83. The van der Waals surface area contributed by atoms with E-state index in [1.54, 1.807) is 0 Å². The molecule has 1 aliphatic rings. The normalized spacial score (nSPS) is 16.9. The summed E-state index contributed by atoms with van der Waals surface area (Å²) in [6.45, 7) is 0. The van der Waals surface area contributed by atoms with Gasteiger partial charge in [0, 0.05) is 22.5 Å². The van der Waals surface area contributed by atoms with Crippen molar-refractivity contribution in [1.82, 2.24) is 4.98 Å². The molecule has 2 aromatic rings. The van der Waals surface area contributed by atoms with Gasteiger partial charge in [0.15, 0.2) is 0 Å². The first kappa shape index (κ1) is 11.7. The van der Waals surface area contributed by atoms with Gasteiger partial charge in [0.05, 0.1) is 10.7 Å². The predicted octanol–water partition coefficient (Wildman–Crippen LogP) is 4.44. The van der Waals surface area contributed by atoms with E-state index in [0.717, 1.165) is 11.4 Å². The molecule has 0 spiro atoms. The Morgan fingerprint density at radius 3 is 2.50 bits per heavy atom.